The average molecular weight is 187 g/mol. The van der Waals surface area contributed by atoms with Gasteiger partial charge in [-0.1, -0.05) is 0 Å². The predicted molar refractivity (Wildman–Crippen MR) is 45.2 cm³/mol. The fourth-order valence-corrected chi connectivity index (χ4v) is 1.02. The molecule has 0 saturated heterocycles. The second-order valence-corrected chi connectivity index (χ2v) is 2.57. The van der Waals surface area contributed by atoms with Gasteiger partial charge >= 0.3 is 0 Å². The van der Waals surface area contributed by atoms with Crippen molar-refractivity contribution in [3.8, 4) is 0 Å². The highest BCUT2D eigenvalue weighted by atomic mass is 35.5. The van der Waals surface area contributed by atoms with E-state index in [0.717, 1.165) is 0 Å². The number of halogens is 1. The summed E-state index contributed by atoms with van der Waals surface area (Å²) in [4.78, 5) is 13.8. The molecule has 0 aliphatic rings. The van der Waals surface area contributed by atoms with Crippen molar-refractivity contribution in [2.45, 2.75) is 12.8 Å². The molecule has 1 aromatic rings. The molecule has 0 radical (unpaired) electrons. The summed E-state index contributed by atoms with van der Waals surface area (Å²) >= 11 is 5.50. The van der Waals surface area contributed by atoms with E-state index < -0.39 is 4.92 Å². The van der Waals surface area contributed by atoms with Crippen LogP contribution in [0.25, 0.3) is 0 Å². The Labute approximate surface area is 74.3 Å². The van der Waals surface area contributed by atoms with Crippen molar-refractivity contribution >= 4 is 17.3 Å². The van der Waals surface area contributed by atoms with Crippen molar-refractivity contribution in [1.29, 1.82) is 0 Å². The molecule has 0 aliphatic heterocycles. The van der Waals surface area contributed by atoms with E-state index in [0.29, 0.717) is 11.4 Å². The number of hydrogen-bond donors (Lipinski definition) is 0. The minimum absolute atomic E-state index is 0.0314. The molecule has 0 atom stereocenters. The quantitative estimate of drug-likeness (QED) is 0.404. The Bertz CT molecular complexity index is 314. The van der Waals surface area contributed by atoms with E-state index in [-0.39, 0.29) is 11.6 Å². The summed E-state index contributed by atoms with van der Waals surface area (Å²) in [5.74, 6) is 0.277. The van der Waals surface area contributed by atoms with Crippen molar-refractivity contribution in [3.05, 3.63) is 33.6 Å². The summed E-state index contributed by atoms with van der Waals surface area (Å²) in [7, 11) is 0. The normalized spacial score (nSPS) is 9.83. The van der Waals surface area contributed by atoms with E-state index in [9.17, 15) is 10.1 Å². The van der Waals surface area contributed by atoms with Crippen LogP contribution < -0.4 is 0 Å². The first kappa shape index (κ1) is 8.93. The maximum Gasteiger partial charge on any atom is 0.290 e. The van der Waals surface area contributed by atoms with Crippen LogP contribution in [-0.2, 0) is 5.88 Å². The summed E-state index contributed by atoms with van der Waals surface area (Å²) in [6.45, 7) is 1.59. The second kappa shape index (κ2) is 3.49. The summed E-state index contributed by atoms with van der Waals surface area (Å²) < 4.78 is 0. The summed E-state index contributed by atoms with van der Waals surface area (Å²) in [5, 5.41) is 10.4. The van der Waals surface area contributed by atoms with E-state index in [1.807, 2.05) is 0 Å². The molecule has 0 spiro atoms. The summed E-state index contributed by atoms with van der Waals surface area (Å²) in [6, 6.07) is 2.97. The highest BCUT2D eigenvalue weighted by Gasteiger charge is 2.10. The fourth-order valence-electron chi connectivity index (χ4n) is 0.873. The lowest BCUT2D eigenvalue weighted by molar-refractivity contribution is -0.385. The highest BCUT2D eigenvalue weighted by Crippen LogP contribution is 2.15. The third kappa shape index (κ3) is 1.71. The molecule has 1 aromatic heterocycles. The molecule has 12 heavy (non-hydrogen) atoms. The van der Waals surface area contributed by atoms with E-state index >= 15 is 0 Å². The molecule has 0 aliphatic carbocycles. The molecule has 4 nitrogen and oxygen atoms in total. The van der Waals surface area contributed by atoms with Crippen molar-refractivity contribution in [2.75, 3.05) is 0 Å². The lowest BCUT2D eigenvalue weighted by atomic mass is 10.3. The van der Waals surface area contributed by atoms with Gasteiger partial charge in [0, 0.05) is 6.07 Å². The smallest absolute Gasteiger partial charge is 0.258 e. The first-order valence-electron chi connectivity index (χ1n) is 3.32. The first-order chi connectivity index (χ1) is 5.65. The van der Waals surface area contributed by atoms with Crippen molar-refractivity contribution in [2.24, 2.45) is 0 Å². The molecule has 1 rings (SSSR count). The van der Waals surface area contributed by atoms with Gasteiger partial charge in [0.15, 0.2) is 0 Å². The van der Waals surface area contributed by atoms with Gasteiger partial charge in [-0.2, -0.15) is 0 Å². The largest absolute Gasteiger partial charge is 0.290 e. The minimum atomic E-state index is -0.458. The number of pyridine rings is 1. The molecular weight excluding hydrogens is 180 g/mol. The number of aromatic nitrogens is 1. The monoisotopic (exact) mass is 186 g/mol. The molecule has 0 amide bonds. The molecule has 0 saturated carbocycles. The van der Waals surface area contributed by atoms with Crippen LogP contribution in [0.4, 0.5) is 5.69 Å². The number of rotatable bonds is 2. The number of nitro groups is 1. The first-order valence-corrected chi connectivity index (χ1v) is 3.85. The maximum atomic E-state index is 10.4. The third-order valence-corrected chi connectivity index (χ3v) is 1.72. The highest BCUT2D eigenvalue weighted by molar-refractivity contribution is 6.16. The predicted octanol–water partition coefficient (Wildman–Crippen LogP) is 2.04. The zero-order valence-electron chi connectivity index (χ0n) is 6.45. The van der Waals surface area contributed by atoms with Crippen LogP contribution in [0.3, 0.4) is 0 Å². The zero-order valence-corrected chi connectivity index (χ0v) is 7.21. The van der Waals surface area contributed by atoms with Crippen LogP contribution in [0, 0.1) is 17.0 Å². The second-order valence-electron chi connectivity index (χ2n) is 2.30. The average Bonchev–Trinajstić information content (AvgIpc) is 2.03. The molecule has 0 unspecified atom stereocenters. The van der Waals surface area contributed by atoms with E-state index in [4.69, 9.17) is 11.6 Å². The van der Waals surface area contributed by atoms with Gasteiger partial charge < -0.3 is 0 Å². The maximum absolute atomic E-state index is 10.4. The Hall–Kier alpha value is -1.16. The molecule has 1 heterocycles. The van der Waals surface area contributed by atoms with Gasteiger partial charge in [-0.15, -0.1) is 11.6 Å². The van der Waals surface area contributed by atoms with Crippen molar-refractivity contribution < 1.29 is 4.92 Å². The molecule has 5 heteroatoms. The Morgan fingerprint density at radius 2 is 2.33 bits per heavy atom. The fraction of sp³-hybridized carbons (Fsp3) is 0.286. The van der Waals surface area contributed by atoms with Gasteiger partial charge in [0.05, 0.1) is 16.5 Å². The molecule has 0 N–H and O–H groups in total. The molecular formula is C7H7ClN2O2. The van der Waals surface area contributed by atoms with Gasteiger partial charge in [0.25, 0.3) is 5.69 Å². The van der Waals surface area contributed by atoms with Crippen LogP contribution >= 0.6 is 11.6 Å². The van der Waals surface area contributed by atoms with Crippen LogP contribution in [0.5, 0.6) is 0 Å². The van der Waals surface area contributed by atoms with Crippen molar-refractivity contribution in [1.82, 2.24) is 4.98 Å². The van der Waals surface area contributed by atoms with Gasteiger partial charge in [0.2, 0.25) is 0 Å². The van der Waals surface area contributed by atoms with Crippen LogP contribution in [0.2, 0.25) is 0 Å². The lowest BCUT2D eigenvalue weighted by Crippen LogP contribution is -1.96. The summed E-state index contributed by atoms with van der Waals surface area (Å²) in [6.07, 6.45) is 0. The lowest BCUT2D eigenvalue weighted by Gasteiger charge is -1.97. The van der Waals surface area contributed by atoms with E-state index in [2.05, 4.69) is 4.98 Å². The SMILES string of the molecule is Cc1nc(CCl)ccc1[N+](=O)[O-]. The third-order valence-electron chi connectivity index (χ3n) is 1.45. The van der Waals surface area contributed by atoms with E-state index in [1.165, 1.54) is 6.07 Å². The Kier molecular flexibility index (Phi) is 2.60. The Balaban J connectivity index is 3.12. The van der Waals surface area contributed by atoms with Crippen LogP contribution in [-0.4, -0.2) is 9.91 Å². The standard InChI is InChI=1S/C7H7ClN2O2/c1-5-7(10(11)12)3-2-6(4-8)9-5/h2-3H,4H2,1H3. The van der Waals surface area contributed by atoms with Crippen LogP contribution in [0.1, 0.15) is 11.4 Å². The number of nitrogens with zero attached hydrogens (tertiary/aromatic N) is 2. The summed E-state index contributed by atoms with van der Waals surface area (Å²) in [5.41, 5.74) is 1.08. The molecule has 0 bridgehead atoms. The Morgan fingerprint density at radius 1 is 1.67 bits per heavy atom. The van der Waals surface area contributed by atoms with E-state index in [1.54, 1.807) is 13.0 Å². The molecule has 0 fully saturated rings. The molecule has 64 valence electrons. The molecule has 0 aromatic carbocycles. The Morgan fingerprint density at radius 3 is 2.75 bits per heavy atom. The van der Waals surface area contributed by atoms with Crippen LogP contribution in [0.15, 0.2) is 12.1 Å². The topological polar surface area (TPSA) is 56.0 Å². The van der Waals surface area contributed by atoms with Crippen molar-refractivity contribution in [3.63, 3.8) is 0 Å². The minimum Gasteiger partial charge on any atom is -0.258 e. The van der Waals surface area contributed by atoms with Gasteiger partial charge in [-0.05, 0) is 13.0 Å². The van der Waals surface area contributed by atoms with Gasteiger partial charge in [0.1, 0.15) is 5.69 Å². The number of aryl methyl sites for hydroxylation is 1. The number of hydrogen-bond acceptors (Lipinski definition) is 3. The number of alkyl halides is 1. The van der Waals surface area contributed by atoms with Gasteiger partial charge in [-0.25, -0.2) is 4.98 Å². The van der Waals surface area contributed by atoms with Gasteiger partial charge in [-0.3, -0.25) is 10.1 Å². The zero-order chi connectivity index (χ0) is 9.14.